The predicted octanol–water partition coefficient (Wildman–Crippen LogP) is 2.21. The van der Waals surface area contributed by atoms with Crippen LogP contribution in [0.3, 0.4) is 0 Å². The third kappa shape index (κ3) is 3.39. The number of halogens is 2. The summed E-state index contributed by atoms with van der Waals surface area (Å²) in [6, 6.07) is 4.19. The van der Waals surface area contributed by atoms with E-state index in [1.165, 1.54) is 18.2 Å². The molecule has 1 aliphatic rings. The van der Waals surface area contributed by atoms with Crippen LogP contribution in [-0.2, 0) is 20.7 Å². The normalized spacial score (nSPS) is 15.7. The SMILES string of the molecule is O=CCC(Cc1c(F)cccc1Cl)C(=O)N1CCOC1=O. The first-order valence-corrected chi connectivity index (χ1v) is 6.77. The molecule has 0 radical (unpaired) electrons. The molecule has 1 atom stereocenters. The summed E-state index contributed by atoms with van der Waals surface area (Å²) >= 11 is 5.92. The highest BCUT2D eigenvalue weighted by molar-refractivity contribution is 6.31. The number of amides is 2. The summed E-state index contributed by atoms with van der Waals surface area (Å²) in [4.78, 5) is 35.4. The molecule has 112 valence electrons. The van der Waals surface area contributed by atoms with Gasteiger partial charge in [0.05, 0.1) is 6.54 Å². The molecule has 0 aromatic heterocycles. The van der Waals surface area contributed by atoms with Gasteiger partial charge in [-0.15, -0.1) is 0 Å². The van der Waals surface area contributed by atoms with E-state index in [-0.39, 0.29) is 36.6 Å². The first-order valence-electron chi connectivity index (χ1n) is 6.39. The molecule has 1 aromatic carbocycles. The molecule has 2 rings (SSSR count). The molecule has 1 heterocycles. The highest BCUT2D eigenvalue weighted by Crippen LogP contribution is 2.25. The van der Waals surface area contributed by atoms with Crippen LogP contribution in [0.2, 0.25) is 5.02 Å². The van der Waals surface area contributed by atoms with Gasteiger partial charge in [-0.3, -0.25) is 4.79 Å². The molecule has 1 fully saturated rings. The standard InChI is InChI=1S/C14H13ClFNO4/c15-11-2-1-3-12(16)10(11)8-9(4-6-18)13(19)17-5-7-21-14(17)20/h1-3,6,9H,4-5,7-8H2. The first kappa shape index (κ1) is 15.4. The fourth-order valence-corrected chi connectivity index (χ4v) is 2.42. The van der Waals surface area contributed by atoms with Crippen molar-refractivity contribution in [2.75, 3.05) is 13.2 Å². The molecule has 0 saturated carbocycles. The zero-order valence-corrected chi connectivity index (χ0v) is 11.8. The monoisotopic (exact) mass is 313 g/mol. The van der Waals surface area contributed by atoms with Crippen molar-refractivity contribution in [3.63, 3.8) is 0 Å². The average molecular weight is 314 g/mol. The molecular weight excluding hydrogens is 301 g/mol. The maximum absolute atomic E-state index is 13.8. The second-order valence-electron chi connectivity index (χ2n) is 4.61. The summed E-state index contributed by atoms with van der Waals surface area (Å²) in [5, 5.41) is 0.183. The number of cyclic esters (lactones) is 1. The minimum atomic E-state index is -0.845. The minimum absolute atomic E-state index is 0.0488. The number of ether oxygens (including phenoxy) is 1. The smallest absolute Gasteiger partial charge is 0.416 e. The number of benzene rings is 1. The maximum Gasteiger partial charge on any atom is 0.416 e. The number of hydrogen-bond donors (Lipinski definition) is 0. The molecule has 1 aliphatic heterocycles. The van der Waals surface area contributed by atoms with E-state index in [9.17, 15) is 18.8 Å². The van der Waals surface area contributed by atoms with Crippen LogP contribution >= 0.6 is 11.6 Å². The number of carbonyl (C=O) groups excluding carboxylic acids is 3. The summed E-state index contributed by atoms with van der Waals surface area (Å²) in [6.45, 7) is 0.261. The van der Waals surface area contributed by atoms with Crippen molar-refractivity contribution in [3.8, 4) is 0 Å². The van der Waals surface area contributed by atoms with Crippen molar-refractivity contribution in [2.45, 2.75) is 12.8 Å². The topological polar surface area (TPSA) is 63.7 Å². The van der Waals surface area contributed by atoms with Gasteiger partial charge in [-0.05, 0) is 18.6 Å². The quantitative estimate of drug-likeness (QED) is 0.782. The summed E-state index contributed by atoms with van der Waals surface area (Å²) < 4.78 is 18.5. The van der Waals surface area contributed by atoms with Gasteiger partial charge in [0.25, 0.3) is 0 Å². The van der Waals surface area contributed by atoms with Crippen LogP contribution in [-0.4, -0.2) is 36.3 Å². The van der Waals surface area contributed by atoms with Gasteiger partial charge in [-0.2, -0.15) is 0 Å². The molecular formula is C14H13ClFNO4. The molecule has 0 spiro atoms. The van der Waals surface area contributed by atoms with Crippen LogP contribution in [0.15, 0.2) is 18.2 Å². The van der Waals surface area contributed by atoms with Crippen molar-refractivity contribution < 1.29 is 23.5 Å². The molecule has 0 N–H and O–H groups in total. The third-order valence-corrected chi connectivity index (χ3v) is 3.62. The van der Waals surface area contributed by atoms with Crippen molar-refractivity contribution in [2.24, 2.45) is 5.92 Å². The molecule has 1 saturated heterocycles. The Bertz CT molecular complexity index is 558. The van der Waals surface area contributed by atoms with Crippen LogP contribution in [0.5, 0.6) is 0 Å². The van der Waals surface area contributed by atoms with Gasteiger partial charge in [-0.1, -0.05) is 17.7 Å². The zero-order valence-electron chi connectivity index (χ0n) is 11.1. The molecule has 7 heteroatoms. The number of carbonyl (C=O) groups is 3. The van der Waals surface area contributed by atoms with Crippen LogP contribution in [0.1, 0.15) is 12.0 Å². The Kier molecular flexibility index (Phi) is 4.90. The Morgan fingerprint density at radius 3 is 2.86 bits per heavy atom. The third-order valence-electron chi connectivity index (χ3n) is 3.27. The van der Waals surface area contributed by atoms with E-state index >= 15 is 0 Å². The summed E-state index contributed by atoms with van der Waals surface area (Å²) in [5.74, 6) is -1.94. The molecule has 1 aromatic rings. The lowest BCUT2D eigenvalue weighted by Gasteiger charge is -2.19. The number of imide groups is 1. The van der Waals surface area contributed by atoms with Crippen molar-refractivity contribution in [1.29, 1.82) is 0 Å². The average Bonchev–Trinajstić information content (AvgIpc) is 2.87. The van der Waals surface area contributed by atoms with E-state index in [2.05, 4.69) is 0 Å². The molecule has 1 unspecified atom stereocenters. The van der Waals surface area contributed by atoms with Crippen molar-refractivity contribution >= 4 is 29.9 Å². The van der Waals surface area contributed by atoms with Crippen LogP contribution < -0.4 is 0 Å². The summed E-state index contributed by atoms with van der Waals surface area (Å²) in [6.07, 6.45) is -0.339. The van der Waals surface area contributed by atoms with E-state index in [1.54, 1.807) is 0 Å². The Balaban J connectivity index is 2.21. The van der Waals surface area contributed by atoms with Gasteiger partial charge in [0, 0.05) is 22.9 Å². The number of hydrogen-bond acceptors (Lipinski definition) is 4. The second-order valence-corrected chi connectivity index (χ2v) is 5.02. The van der Waals surface area contributed by atoms with Gasteiger partial charge in [0.1, 0.15) is 18.7 Å². The van der Waals surface area contributed by atoms with Crippen LogP contribution in [0.4, 0.5) is 9.18 Å². The summed E-state index contributed by atoms with van der Waals surface area (Å²) in [7, 11) is 0. The van der Waals surface area contributed by atoms with Crippen molar-refractivity contribution in [1.82, 2.24) is 4.90 Å². The number of aldehydes is 1. The second kappa shape index (κ2) is 6.67. The zero-order chi connectivity index (χ0) is 15.4. The van der Waals surface area contributed by atoms with Crippen LogP contribution in [0.25, 0.3) is 0 Å². The van der Waals surface area contributed by atoms with Gasteiger partial charge >= 0.3 is 6.09 Å². The Morgan fingerprint density at radius 2 is 2.29 bits per heavy atom. The number of rotatable bonds is 5. The van der Waals surface area contributed by atoms with Gasteiger partial charge in [0.2, 0.25) is 5.91 Å². The Labute approximate surface area is 125 Å². The molecule has 2 amide bonds. The Morgan fingerprint density at radius 1 is 1.52 bits per heavy atom. The fraction of sp³-hybridized carbons (Fsp3) is 0.357. The van der Waals surface area contributed by atoms with E-state index in [1.807, 2.05) is 0 Å². The molecule has 0 aliphatic carbocycles. The molecule has 5 nitrogen and oxygen atoms in total. The largest absolute Gasteiger partial charge is 0.447 e. The maximum atomic E-state index is 13.8. The fourth-order valence-electron chi connectivity index (χ4n) is 2.18. The lowest BCUT2D eigenvalue weighted by molar-refractivity contribution is -0.133. The number of nitrogens with zero attached hydrogens (tertiary/aromatic N) is 1. The van der Waals surface area contributed by atoms with Gasteiger partial charge < -0.3 is 9.53 Å². The highest BCUT2D eigenvalue weighted by atomic mass is 35.5. The van der Waals surface area contributed by atoms with E-state index in [0.29, 0.717) is 6.29 Å². The van der Waals surface area contributed by atoms with Crippen molar-refractivity contribution in [3.05, 3.63) is 34.6 Å². The lowest BCUT2D eigenvalue weighted by Crippen LogP contribution is -2.38. The molecule has 21 heavy (non-hydrogen) atoms. The molecule has 0 bridgehead atoms. The van der Waals surface area contributed by atoms with E-state index in [0.717, 1.165) is 4.90 Å². The highest BCUT2D eigenvalue weighted by Gasteiger charge is 2.34. The van der Waals surface area contributed by atoms with Gasteiger partial charge in [0.15, 0.2) is 0 Å². The predicted molar refractivity (Wildman–Crippen MR) is 72.3 cm³/mol. The van der Waals surface area contributed by atoms with Gasteiger partial charge in [-0.25, -0.2) is 14.1 Å². The Hall–Kier alpha value is -1.95. The van der Waals surface area contributed by atoms with E-state index < -0.39 is 23.7 Å². The summed E-state index contributed by atoms with van der Waals surface area (Å²) in [5.41, 5.74) is 0.159. The van der Waals surface area contributed by atoms with Crippen LogP contribution in [0, 0.1) is 11.7 Å². The van der Waals surface area contributed by atoms with E-state index in [4.69, 9.17) is 16.3 Å². The lowest BCUT2D eigenvalue weighted by atomic mass is 9.95. The first-order chi connectivity index (χ1) is 10.0. The minimum Gasteiger partial charge on any atom is -0.447 e.